The van der Waals surface area contributed by atoms with Gasteiger partial charge in [-0.1, -0.05) is 6.07 Å². The lowest BCUT2D eigenvalue weighted by Gasteiger charge is -2.12. The molecule has 0 aliphatic heterocycles. The van der Waals surface area contributed by atoms with Gasteiger partial charge in [-0.3, -0.25) is 0 Å². The zero-order valence-corrected chi connectivity index (χ0v) is 12.4. The number of nitrogens with zero attached hydrogens (tertiary/aromatic N) is 1. The van der Waals surface area contributed by atoms with Gasteiger partial charge in [0, 0.05) is 10.9 Å². The highest BCUT2D eigenvalue weighted by molar-refractivity contribution is 7.10. The van der Waals surface area contributed by atoms with E-state index < -0.39 is 5.60 Å². The van der Waals surface area contributed by atoms with Gasteiger partial charge in [-0.15, -0.1) is 11.3 Å². The van der Waals surface area contributed by atoms with Crippen molar-refractivity contribution in [3.63, 3.8) is 0 Å². The number of benzene rings is 1. The van der Waals surface area contributed by atoms with Crippen molar-refractivity contribution in [3.05, 3.63) is 39.2 Å². The van der Waals surface area contributed by atoms with Gasteiger partial charge in [0.15, 0.2) is 0 Å². The molecule has 0 amide bonds. The third kappa shape index (κ3) is 2.47. The Balaban J connectivity index is 2.50. The van der Waals surface area contributed by atoms with Crippen LogP contribution in [0.1, 0.15) is 35.5 Å². The van der Waals surface area contributed by atoms with Crippen molar-refractivity contribution >= 4 is 11.3 Å². The number of rotatable bonds is 2. The Hall–Kier alpha value is -1.19. The maximum atomic E-state index is 9.97. The van der Waals surface area contributed by atoms with Crippen LogP contribution in [0, 0.1) is 20.8 Å². The number of aliphatic hydroxyl groups is 1. The molecule has 0 bridgehead atoms. The van der Waals surface area contributed by atoms with Crippen LogP contribution in [0.2, 0.25) is 0 Å². The standard InChI is InChI=1S/C15H19NOS/c1-9-6-11(3)12(7-10(9)2)13-8-18-14(16-13)15(4,5)17/h6-8,17H,1-5H3. The molecular weight excluding hydrogens is 242 g/mol. The Morgan fingerprint density at radius 3 is 2.22 bits per heavy atom. The van der Waals surface area contributed by atoms with E-state index in [4.69, 9.17) is 0 Å². The molecule has 1 aromatic carbocycles. The molecule has 0 spiro atoms. The number of hydrogen-bond donors (Lipinski definition) is 1. The van der Waals surface area contributed by atoms with E-state index in [0.717, 1.165) is 16.3 Å². The molecule has 3 heteroatoms. The summed E-state index contributed by atoms with van der Waals surface area (Å²) in [6, 6.07) is 4.36. The molecule has 0 atom stereocenters. The summed E-state index contributed by atoms with van der Waals surface area (Å²) >= 11 is 1.51. The summed E-state index contributed by atoms with van der Waals surface area (Å²) in [6.45, 7) is 9.87. The van der Waals surface area contributed by atoms with E-state index in [2.05, 4.69) is 37.9 Å². The van der Waals surface area contributed by atoms with Gasteiger partial charge in [0.25, 0.3) is 0 Å². The zero-order chi connectivity index (χ0) is 13.5. The number of thiazole rings is 1. The van der Waals surface area contributed by atoms with E-state index in [9.17, 15) is 5.11 Å². The summed E-state index contributed by atoms with van der Waals surface area (Å²) in [5.74, 6) is 0. The second kappa shape index (κ2) is 4.48. The highest BCUT2D eigenvalue weighted by Crippen LogP contribution is 2.31. The van der Waals surface area contributed by atoms with Gasteiger partial charge in [-0.05, 0) is 57.4 Å². The molecule has 0 aliphatic rings. The SMILES string of the molecule is Cc1cc(C)c(-c2csc(C(C)(C)O)n2)cc1C. The molecule has 0 fully saturated rings. The van der Waals surface area contributed by atoms with Crippen molar-refractivity contribution in [1.29, 1.82) is 0 Å². The fourth-order valence-electron chi connectivity index (χ4n) is 1.91. The van der Waals surface area contributed by atoms with Crippen molar-refractivity contribution in [2.45, 2.75) is 40.2 Å². The predicted octanol–water partition coefficient (Wildman–Crippen LogP) is 3.96. The second-order valence-corrected chi connectivity index (χ2v) is 6.21. The lowest BCUT2D eigenvalue weighted by atomic mass is 9.99. The van der Waals surface area contributed by atoms with Crippen LogP contribution in [0.3, 0.4) is 0 Å². The van der Waals surface area contributed by atoms with Crippen LogP contribution in [0.25, 0.3) is 11.3 Å². The highest BCUT2D eigenvalue weighted by Gasteiger charge is 2.21. The van der Waals surface area contributed by atoms with Gasteiger partial charge < -0.3 is 5.11 Å². The minimum atomic E-state index is -0.865. The van der Waals surface area contributed by atoms with E-state index in [1.807, 2.05) is 5.38 Å². The van der Waals surface area contributed by atoms with Gasteiger partial charge in [0.05, 0.1) is 5.69 Å². The summed E-state index contributed by atoms with van der Waals surface area (Å²) in [7, 11) is 0. The van der Waals surface area contributed by atoms with Crippen LogP contribution in [-0.4, -0.2) is 10.1 Å². The zero-order valence-electron chi connectivity index (χ0n) is 11.5. The lowest BCUT2D eigenvalue weighted by Crippen LogP contribution is -2.14. The molecule has 1 aromatic heterocycles. The fourth-order valence-corrected chi connectivity index (χ4v) is 2.76. The molecular formula is C15H19NOS. The molecule has 1 N–H and O–H groups in total. The summed E-state index contributed by atoms with van der Waals surface area (Å²) in [6.07, 6.45) is 0. The van der Waals surface area contributed by atoms with Crippen molar-refractivity contribution in [1.82, 2.24) is 4.98 Å². The molecule has 96 valence electrons. The quantitative estimate of drug-likeness (QED) is 0.887. The molecule has 18 heavy (non-hydrogen) atoms. The van der Waals surface area contributed by atoms with E-state index in [-0.39, 0.29) is 0 Å². The molecule has 0 saturated heterocycles. The Morgan fingerprint density at radius 1 is 1.06 bits per heavy atom. The molecule has 2 aromatic rings. The molecule has 0 radical (unpaired) electrons. The molecule has 0 saturated carbocycles. The van der Waals surface area contributed by atoms with Crippen molar-refractivity contribution < 1.29 is 5.11 Å². The van der Waals surface area contributed by atoms with E-state index >= 15 is 0 Å². The van der Waals surface area contributed by atoms with Crippen molar-refractivity contribution in [2.24, 2.45) is 0 Å². The summed E-state index contributed by atoms with van der Waals surface area (Å²) in [4.78, 5) is 4.55. The van der Waals surface area contributed by atoms with E-state index in [1.54, 1.807) is 13.8 Å². The molecule has 1 heterocycles. The fraction of sp³-hybridized carbons (Fsp3) is 0.400. The first-order chi connectivity index (χ1) is 8.29. The first-order valence-electron chi connectivity index (χ1n) is 6.05. The van der Waals surface area contributed by atoms with E-state index in [0.29, 0.717) is 0 Å². The van der Waals surface area contributed by atoms with E-state index in [1.165, 1.54) is 28.0 Å². The Kier molecular flexibility index (Phi) is 3.30. The normalized spacial score (nSPS) is 11.9. The predicted molar refractivity (Wildman–Crippen MR) is 77.0 cm³/mol. The third-order valence-electron chi connectivity index (χ3n) is 3.14. The third-order valence-corrected chi connectivity index (χ3v) is 4.30. The van der Waals surface area contributed by atoms with Crippen LogP contribution in [0.15, 0.2) is 17.5 Å². The van der Waals surface area contributed by atoms with Gasteiger partial charge in [0.1, 0.15) is 10.6 Å². The van der Waals surface area contributed by atoms with Gasteiger partial charge >= 0.3 is 0 Å². The minimum Gasteiger partial charge on any atom is -0.383 e. The van der Waals surface area contributed by atoms with Crippen molar-refractivity contribution in [2.75, 3.05) is 0 Å². The summed E-state index contributed by atoms with van der Waals surface area (Å²) in [5, 5.41) is 12.7. The van der Waals surface area contributed by atoms with Crippen LogP contribution < -0.4 is 0 Å². The molecule has 0 unspecified atom stereocenters. The lowest BCUT2D eigenvalue weighted by molar-refractivity contribution is 0.0783. The smallest absolute Gasteiger partial charge is 0.124 e. The number of aryl methyl sites for hydroxylation is 3. The Morgan fingerprint density at radius 2 is 1.67 bits per heavy atom. The van der Waals surface area contributed by atoms with Gasteiger partial charge in [-0.2, -0.15) is 0 Å². The monoisotopic (exact) mass is 261 g/mol. The highest BCUT2D eigenvalue weighted by atomic mass is 32.1. The maximum absolute atomic E-state index is 9.97. The average Bonchev–Trinajstić information content (AvgIpc) is 2.72. The Labute approximate surface area is 112 Å². The van der Waals surface area contributed by atoms with Gasteiger partial charge in [-0.25, -0.2) is 4.98 Å². The van der Waals surface area contributed by atoms with Crippen LogP contribution in [0.4, 0.5) is 0 Å². The topological polar surface area (TPSA) is 33.1 Å². The summed E-state index contributed by atoms with van der Waals surface area (Å²) < 4.78 is 0. The molecule has 2 nitrogen and oxygen atoms in total. The van der Waals surface area contributed by atoms with Gasteiger partial charge in [0.2, 0.25) is 0 Å². The second-order valence-electron chi connectivity index (χ2n) is 5.35. The van der Waals surface area contributed by atoms with Crippen LogP contribution in [-0.2, 0) is 5.60 Å². The minimum absolute atomic E-state index is 0.759. The van der Waals surface area contributed by atoms with Crippen LogP contribution >= 0.6 is 11.3 Å². The first kappa shape index (κ1) is 13.2. The molecule has 0 aliphatic carbocycles. The van der Waals surface area contributed by atoms with Crippen molar-refractivity contribution in [3.8, 4) is 11.3 Å². The van der Waals surface area contributed by atoms with Crippen LogP contribution in [0.5, 0.6) is 0 Å². The maximum Gasteiger partial charge on any atom is 0.124 e. The largest absolute Gasteiger partial charge is 0.383 e. The number of aromatic nitrogens is 1. The summed E-state index contributed by atoms with van der Waals surface area (Å²) in [5.41, 5.74) is 5.05. The molecule has 2 rings (SSSR count). The number of hydrogen-bond acceptors (Lipinski definition) is 3. The first-order valence-corrected chi connectivity index (χ1v) is 6.93. The average molecular weight is 261 g/mol. The Bertz CT molecular complexity index is 579.